The molecule has 0 spiro atoms. The molecule has 0 atom stereocenters. The monoisotopic (exact) mass is 361 g/mol. The lowest BCUT2D eigenvalue weighted by Gasteiger charge is -2.09. The molecule has 0 radical (unpaired) electrons. The molecule has 2 aromatic carbocycles. The van der Waals surface area contributed by atoms with E-state index in [-0.39, 0.29) is 10.7 Å². The van der Waals surface area contributed by atoms with E-state index >= 15 is 0 Å². The highest BCUT2D eigenvalue weighted by atomic mass is 35.5. The van der Waals surface area contributed by atoms with Crippen molar-refractivity contribution in [1.29, 1.82) is 0 Å². The van der Waals surface area contributed by atoms with Gasteiger partial charge in [-0.25, -0.2) is 0 Å². The van der Waals surface area contributed by atoms with E-state index in [9.17, 15) is 10.1 Å². The van der Waals surface area contributed by atoms with Gasteiger partial charge in [0.1, 0.15) is 0 Å². The first kappa shape index (κ1) is 16.4. The van der Waals surface area contributed by atoms with Crippen molar-refractivity contribution < 1.29 is 4.92 Å². The van der Waals surface area contributed by atoms with Crippen LogP contribution >= 0.6 is 23.4 Å². The molecular formula is C15H12ClN5O2S. The van der Waals surface area contributed by atoms with Gasteiger partial charge >= 0.3 is 0 Å². The van der Waals surface area contributed by atoms with E-state index in [0.717, 1.165) is 16.8 Å². The molecule has 0 N–H and O–H groups in total. The van der Waals surface area contributed by atoms with Crippen molar-refractivity contribution in [3.63, 3.8) is 0 Å². The zero-order valence-electron chi connectivity index (χ0n) is 12.8. The molecule has 0 aliphatic carbocycles. The van der Waals surface area contributed by atoms with Crippen molar-refractivity contribution in [2.24, 2.45) is 0 Å². The molecule has 0 bridgehead atoms. The SMILES string of the molecule is Cc1cccc(-n2nnnc2Sc2ccc([N+](=O)[O-])cc2Cl)c1C. The Morgan fingerprint density at radius 2 is 2.04 bits per heavy atom. The fourth-order valence-electron chi connectivity index (χ4n) is 2.14. The second kappa shape index (κ2) is 6.58. The number of benzene rings is 2. The molecule has 0 amide bonds. The molecule has 1 heterocycles. The average Bonchev–Trinajstić information content (AvgIpc) is 3.00. The Kier molecular flexibility index (Phi) is 4.50. The second-order valence-electron chi connectivity index (χ2n) is 5.07. The number of aromatic nitrogens is 4. The highest BCUT2D eigenvalue weighted by molar-refractivity contribution is 7.99. The van der Waals surface area contributed by atoms with Crippen LogP contribution in [0, 0.1) is 24.0 Å². The largest absolute Gasteiger partial charge is 0.270 e. The smallest absolute Gasteiger partial charge is 0.258 e. The normalized spacial score (nSPS) is 10.8. The zero-order valence-corrected chi connectivity index (χ0v) is 14.4. The topological polar surface area (TPSA) is 86.7 Å². The lowest BCUT2D eigenvalue weighted by molar-refractivity contribution is -0.384. The maximum Gasteiger partial charge on any atom is 0.270 e. The summed E-state index contributed by atoms with van der Waals surface area (Å²) in [5.41, 5.74) is 3.02. The van der Waals surface area contributed by atoms with Gasteiger partial charge in [-0.05, 0) is 59.3 Å². The fraction of sp³-hybridized carbons (Fsp3) is 0.133. The van der Waals surface area contributed by atoms with Crippen LogP contribution in [0.1, 0.15) is 11.1 Å². The zero-order chi connectivity index (χ0) is 17.3. The van der Waals surface area contributed by atoms with E-state index in [0.29, 0.717) is 10.1 Å². The number of hydrogen-bond donors (Lipinski definition) is 0. The summed E-state index contributed by atoms with van der Waals surface area (Å²) in [4.78, 5) is 11.0. The summed E-state index contributed by atoms with van der Waals surface area (Å²) in [6.07, 6.45) is 0. The van der Waals surface area contributed by atoms with E-state index < -0.39 is 4.92 Å². The van der Waals surface area contributed by atoms with E-state index in [2.05, 4.69) is 15.5 Å². The van der Waals surface area contributed by atoms with Crippen molar-refractivity contribution in [3.8, 4) is 5.69 Å². The van der Waals surface area contributed by atoms with Gasteiger partial charge in [0.05, 0.1) is 15.6 Å². The predicted molar refractivity (Wildman–Crippen MR) is 90.9 cm³/mol. The molecule has 0 saturated carbocycles. The van der Waals surface area contributed by atoms with Gasteiger partial charge in [-0.1, -0.05) is 23.7 Å². The standard InChI is InChI=1S/C15H12ClN5O2S/c1-9-4-3-5-13(10(9)2)20-15(17-18-19-20)24-14-7-6-11(21(22)23)8-12(14)16/h3-8H,1-2H3. The van der Waals surface area contributed by atoms with Crippen molar-refractivity contribution in [2.75, 3.05) is 0 Å². The van der Waals surface area contributed by atoms with Gasteiger partial charge in [0.25, 0.3) is 5.69 Å². The number of halogens is 1. The first-order chi connectivity index (χ1) is 11.5. The third-order valence-corrected chi connectivity index (χ3v) is 5.01. The van der Waals surface area contributed by atoms with Crippen LogP contribution in [0.25, 0.3) is 5.69 Å². The van der Waals surface area contributed by atoms with Crippen molar-refractivity contribution in [1.82, 2.24) is 20.2 Å². The lowest BCUT2D eigenvalue weighted by Crippen LogP contribution is -2.02. The van der Waals surface area contributed by atoms with E-state index in [1.54, 1.807) is 10.7 Å². The van der Waals surface area contributed by atoms with Gasteiger partial charge < -0.3 is 0 Å². The maximum atomic E-state index is 10.8. The van der Waals surface area contributed by atoms with Gasteiger partial charge in [0, 0.05) is 17.0 Å². The van der Waals surface area contributed by atoms with Gasteiger partial charge in [-0.3, -0.25) is 10.1 Å². The number of non-ortho nitro benzene ring substituents is 1. The summed E-state index contributed by atoms with van der Waals surface area (Å²) in [5.74, 6) is 0. The summed E-state index contributed by atoms with van der Waals surface area (Å²) in [7, 11) is 0. The van der Waals surface area contributed by atoms with Crippen molar-refractivity contribution >= 4 is 29.1 Å². The molecule has 0 aliphatic rings. The number of nitrogens with zero attached hydrogens (tertiary/aromatic N) is 5. The van der Waals surface area contributed by atoms with Gasteiger partial charge in [-0.15, -0.1) is 5.10 Å². The number of tetrazole rings is 1. The molecule has 0 fully saturated rings. The van der Waals surface area contributed by atoms with Gasteiger partial charge in [0.15, 0.2) is 0 Å². The highest BCUT2D eigenvalue weighted by Gasteiger charge is 2.16. The Morgan fingerprint density at radius 3 is 2.75 bits per heavy atom. The Hall–Kier alpha value is -2.45. The summed E-state index contributed by atoms with van der Waals surface area (Å²) in [6, 6.07) is 10.2. The van der Waals surface area contributed by atoms with Crippen molar-refractivity contribution in [3.05, 3.63) is 62.7 Å². The van der Waals surface area contributed by atoms with Gasteiger partial charge in [-0.2, -0.15) is 4.68 Å². The van der Waals surface area contributed by atoms with E-state index in [4.69, 9.17) is 11.6 Å². The Bertz CT molecular complexity index is 928. The molecule has 122 valence electrons. The van der Waals surface area contributed by atoms with Crippen LogP contribution in [0.3, 0.4) is 0 Å². The molecule has 3 aromatic rings. The van der Waals surface area contributed by atoms with Crippen LogP contribution in [0.4, 0.5) is 5.69 Å². The molecule has 3 rings (SSSR count). The molecule has 24 heavy (non-hydrogen) atoms. The second-order valence-corrected chi connectivity index (χ2v) is 6.48. The summed E-state index contributed by atoms with van der Waals surface area (Å²) < 4.78 is 1.63. The molecule has 0 aliphatic heterocycles. The summed E-state index contributed by atoms with van der Waals surface area (Å²) >= 11 is 7.39. The van der Waals surface area contributed by atoms with Crippen LogP contribution in [0.2, 0.25) is 5.02 Å². The summed E-state index contributed by atoms with van der Waals surface area (Å²) in [6.45, 7) is 4.02. The lowest BCUT2D eigenvalue weighted by atomic mass is 10.1. The molecule has 7 nitrogen and oxygen atoms in total. The number of aryl methyl sites for hydroxylation is 1. The minimum Gasteiger partial charge on any atom is -0.258 e. The number of nitro groups is 1. The van der Waals surface area contributed by atoms with E-state index in [1.165, 1.54) is 23.9 Å². The minimum absolute atomic E-state index is 0.0570. The molecule has 0 saturated heterocycles. The van der Waals surface area contributed by atoms with Gasteiger partial charge in [0.2, 0.25) is 5.16 Å². The van der Waals surface area contributed by atoms with Crippen LogP contribution in [-0.2, 0) is 0 Å². The quantitative estimate of drug-likeness (QED) is 0.515. The van der Waals surface area contributed by atoms with E-state index in [1.807, 2.05) is 32.0 Å². The third-order valence-electron chi connectivity index (χ3n) is 3.57. The predicted octanol–water partition coefficient (Wildman–Crippen LogP) is 3.99. The van der Waals surface area contributed by atoms with Crippen LogP contribution in [-0.4, -0.2) is 25.1 Å². The molecule has 1 aromatic heterocycles. The number of rotatable bonds is 4. The Balaban J connectivity index is 1.97. The first-order valence-corrected chi connectivity index (χ1v) is 8.13. The van der Waals surface area contributed by atoms with Crippen LogP contribution in [0.15, 0.2) is 46.5 Å². The average molecular weight is 362 g/mol. The first-order valence-electron chi connectivity index (χ1n) is 6.94. The Morgan fingerprint density at radius 1 is 1.25 bits per heavy atom. The van der Waals surface area contributed by atoms with Crippen LogP contribution < -0.4 is 0 Å². The molecule has 0 unspecified atom stereocenters. The maximum absolute atomic E-state index is 10.8. The van der Waals surface area contributed by atoms with Crippen LogP contribution in [0.5, 0.6) is 0 Å². The molecular weight excluding hydrogens is 350 g/mol. The highest BCUT2D eigenvalue weighted by Crippen LogP contribution is 2.35. The Labute approximate surface area is 146 Å². The van der Waals surface area contributed by atoms with Crippen molar-refractivity contribution in [2.45, 2.75) is 23.9 Å². The number of hydrogen-bond acceptors (Lipinski definition) is 6. The molecule has 9 heteroatoms. The fourth-order valence-corrected chi connectivity index (χ4v) is 3.22. The number of nitro benzene ring substituents is 1. The minimum atomic E-state index is -0.486. The summed E-state index contributed by atoms with van der Waals surface area (Å²) in [5, 5.41) is 23.4. The third kappa shape index (κ3) is 3.10.